The number of hydrogen-bond donors (Lipinski definition) is 1. The lowest BCUT2D eigenvalue weighted by atomic mass is 10.1. The minimum atomic E-state index is 0.453. The molecule has 1 aromatic carbocycles. The Morgan fingerprint density at radius 2 is 1.89 bits per heavy atom. The highest BCUT2D eigenvalue weighted by molar-refractivity contribution is 5.46. The molecule has 0 saturated carbocycles. The van der Waals surface area contributed by atoms with Gasteiger partial charge in [0.2, 0.25) is 0 Å². The topological polar surface area (TPSA) is 30.5 Å². The van der Waals surface area contributed by atoms with Gasteiger partial charge in [0.1, 0.15) is 0 Å². The molecule has 3 nitrogen and oxygen atoms in total. The van der Waals surface area contributed by atoms with E-state index in [0.717, 1.165) is 36.6 Å². The summed E-state index contributed by atoms with van der Waals surface area (Å²) in [6, 6.07) is 6.49. The molecule has 0 aliphatic heterocycles. The van der Waals surface area contributed by atoms with Gasteiger partial charge in [0.15, 0.2) is 11.5 Å². The Kier molecular flexibility index (Phi) is 6.71. The van der Waals surface area contributed by atoms with Crippen molar-refractivity contribution in [1.29, 1.82) is 0 Å². The second-order valence-electron chi connectivity index (χ2n) is 5.52. The van der Waals surface area contributed by atoms with Gasteiger partial charge >= 0.3 is 0 Å². The van der Waals surface area contributed by atoms with Gasteiger partial charge in [-0.2, -0.15) is 0 Å². The molecule has 0 radical (unpaired) electrons. The molecular weight excluding hydrogens is 238 g/mol. The van der Waals surface area contributed by atoms with Crippen molar-refractivity contribution in [3.05, 3.63) is 23.8 Å². The molecule has 0 spiro atoms. The summed E-state index contributed by atoms with van der Waals surface area (Å²) < 4.78 is 11.3. The number of para-hydroxylation sites is 1. The zero-order valence-corrected chi connectivity index (χ0v) is 12.8. The first-order chi connectivity index (χ1) is 9.04. The number of benzene rings is 1. The molecule has 0 unspecified atom stereocenters. The first kappa shape index (κ1) is 15.8. The molecule has 0 aromatic heterocycles. The largest absolute Gasteiger partial charge is 0.493 e. The van der Waals surface area contributed by atoms with Crippen LogP contribution in [-0.4, -0.2) is 19.8 Å². The molecule has 1 rings (SSSR count). The Morgan fingerprint density at radius 1 is 1.16 bits per heavy atom. The molecule has 0 atom stereocenters. The smallest absolute Gasteiger partial charge is 0.165 e. The quantitative estimate of drug-likeness (QED) is 0.778. The van der Waals surface area contributed by atoms with Gasteiger partial charge in [-0.3, -0.25) is 0 Å². The number of nitrogens with one attached hydrogen (secondary N) is 1. The van der Waals surface area contributed by atoms with Crippen LogP contribution in [-0.2, 0) is 6.54 Å². The minimum Gasteiger partial charge on any atom is -0.493 e. The molecule has 108 valence electrons. The van der Waals surface area contributed by atoms with Crippen molar-refractivity contribution in [2.24, 2.45) is 5.92 Å². The van der Waals surface area contributed by atoms with Crippen LogP contribution in [0.1, 0.15) is 39.7 Å². The molecule has 0 fully saturated rings. The van der Waals surface area contributed by atoms with E-state index in [2.05, 4.69) is 39.1 Å². The van der Waals surface area contributed by atoms with E-state index in [1.165, 1.54) is 0 Å². The summed E-state index contributed by atoms with van der Waals surface area (Å²) in [4.78, 5) is 0. The van der Waals surface area contributed by atoms with Crippen molar-refractivity contribution in [2.75, 3.05) is 13.7 Å². The highest BCUT2D eigenvalue weighted by atomic mass is 16.5. The summed E-state index contributed by atoms with van der Waals surface area (Å²) in [7, 11) is 1.68. The predicted molar refractivity (Wildman–Crippen MR) is 79.9 cm³/mol. The highest BCUT2D eigenvalue weighted by Gasteiger charge is 2.11. The van der Waals surface area contributed by atoms with Crippen molar-refractivity contribution in [1.82, 2.24) is 5.32 Å². The van der Waals surface area contributed by atoms with Crippen molar-refractivity contribution in [2.45, 2.75) is 46.7 Å². The fourth-order valence-corrected chi connectivity index (χ4v) is 1.74. The lowest BCUT2D eigenvalue weighted by Gasteiger charge is -2.17. The van der Waals surface area contributed by atoms with Crippen LogP contribution >= 0.6 is 0 Å². The van der Waals surface area contributed by atoms with Crippen molar-refractivity contribution < 1.29 is 9.47 Å². The van der Waals surface area contributed by atoms with Gasteiger partial charge in [0, 0.05) is 18.2 Å². The molecule has 0 aliphatic carbocycles. The van der Waals surface area contributed by atoms with Gasteiger partial charge in [0.05, 0.1) is 13.7 Å². The Morgan fingerprint density at radius 3 is 2.47 bits per heavy atom. The third kappa shape index (κ3) is 5.52. The van der Waals surface area contributed by atoms with Crippen LogP contribution in [0.4, 0.5) is 0 Å². The average Bonchev–Trinajstić information content (AvgIpc) is 2.36. The third-order valence-electron chi connectivity index (χ3n) is 2.92. The zero-order chi connectivity index (χ0) is 14.3. The SMILES string of the molecule is COc1cccc(CNC(C)C)c1OCCC(C)C. The molecular formula is C16H27NO2. The van der Waals surface area contributed by atoms with Gasteiger partial charge in [-0.05, 0) is 18.4 Å². The zero-order valence-electron chi connectivity index (χ0n) is 12.8. The summed E-state index contributed by atoms with van der Waals surface area (Å²) in [5, 5.41) is 3.42. The first-order valence-corrected chi connectivity index (χ1v) is 7.06. The van der Waals surface area contributed by atoms with E-state index >= 15 is 0 Å². The van der Waals surface area contributed by atoms with E-state index in [4.69, 9.17) is 9.47 Å². The maximum atomic E-state index is 5.94. The summed E-state index contributed by atoms with van der Waals surface area (Å²) in [5.41, 5.74) is 1.15. The molecule has 1 aromatic rings. The second-order valence-corrected chi connectivity index (χ2v) is 5.52. The summed E-state index contributed by atoms with van der Waals surface area (Å²) in [6.45, 7) is 10.2. The Balaban J connectivity index is 2.77. The van der Waals surface area contributed by atoms with Crippen molar-refractivity contribution in [3.8, 4) is 11.5 Å². The lowest BCUT2D eigenvalue weighted by molar-refractivity contribution is 0.269. The standard InChI is InChI=1S/C16H27NO2/c1-12(2)9-10-19-16-14(11-17-13(3)4)7-6-8-15(16)18-5/h6-8,12-13,17H,9-11H2,1-5H3. The average molecular weight is 265 g/mol. The molecule has 1 N–H and O–H groups in total. The van der Waals surface area contributed by atoms with E-state index in [1.54, 1.807) is 7.11 Å². The Bertz CT molecular complexity index is 375. The van der Waals surface area contributed by atoms with E-state index in [0.29, 0.717) is 12.0 Å². The molecule has 0 amide bonds. The third-order valence-corrected chi connectivity index (χ3v) is 2.92. The van der Waals surface area contributed by atoms with Crippen molar-refractivity contribution in [3.63, 3.8) is 0 Å². The van der Waals surface area contributed by atoms with Gasteiger partial charge in [-0.25, -0.2) is 0 Å². The van der Waals surface area contributed by atoms with Crippen LogP contribution in [0.5, 0.6) is 11.5 Å². The van der Waals surface area contributed by atoms with E-state index < -0.39 is 0 Å². The molecule has 0 saturated heterocycles. The molecule has 0 aliphatic rings. The molecule has 0 heterocycles. The lowest BCUT2D eigenvalue weighted by Crippen LogP contribution is -2.22. The van der Waals surface area contributed by atoms with E-state index in [1.807, 2.05) is 12.1 Å². The van der Waals surface area contributed by atoms with Crippen molar-refractivity contribution >= 4 is 0 Å². The normalized spacial score (nSPS) is 11.1. The van der Waals surface area contributed by atoms with Crippen LogP contribution < -0.4 is 14.8 Å². The number of hydrogen-bond acceptors (Lipinski definition) is 3. The van der Waals surface area contributed by atoms with Crippen LogP contribution in [0.3, 0.4) is 0 Å². The van der Waals surface area contributed by atoms with E-state index in [9.17, 15) is 0 Å². The maximum Gasteiger partial charge on any atom is 0.165 e. The maximum absolute atomic E-state index is 5.94. The second kappa shape index (κ2) is 8.05. The van der Waals surface area contributed by atoms with Gasteiger partial charge in [-0.1, -0.05) is 39.8 Å². The van der Waals surface area contributed by atoms with Gasteiger partial charge in [-0.15, -0.1) is 0 Å². The van der Waals surface area contributed by atoms with Gasteiger partial charge < -0.3 is 14.8 Å². The Labute approximate surface area is 117 Å². The molecule has 19 heavy (non-hydrogen) atoms. The van der Waals surface area contributed by atoms with E-state index in [-0.39, 0.29) is 0 Å². The summed E-state index contributed by atoms with van der Waals surface area (Å²) >= 11 is 0. The number of ether oxygens (including phenoxy) is 2. The number of methoxy groups -OCH3 is 1. The predicted octanol–water partition coefficient (Wildman–Crippen LogP) is 3.62. The monoisotopic (exact) mass is 265 g/mol. The van der Waals surface area contributed by atoms with Gasteiger partial charge in [0.25, 0.3) is 0 Å². The summed E-state index contributed by atoms with van der Waals surface area (Å²) in [6.07, 6.45) is 1.05. The fraction of sp³-hybridized carbons (Fsp3) is 0.625. The van der Waals surface area contributed by atoms with Crippen LogP contribution in [0.15, 0.2) is 18.2 Å². The number of rotatable bonds is 8. The van der Waals surface area contributed by atoms with Crippen LogP contribution in [0.25, 0.3) is 0 Å². The first-order valence-electron chi connectivity index (χ1n) is 7.06. The Hall–Kier alpha value is -1.22. The summed E-state index contributed by atoms with van der Waals surface area (Å²) in [5.74, 6) is 2.33. The highest BCUT2D eigenvalue weighted by Crippen LogP contribution is 2.31. The molecule has 0 bridgehead atoms. The molecule has 3 heteroatoms. The van der Waals surface area contributed by atoms with Crippen LogP contribution in [0, 0.1) is 5.92 Å². The van der Waals surface area contributed by atoms with Crippen LogP contribution in [0.2, 0.25) is 0 Å². The fourth-order valence-electron chi connectivity index (χ4n) is 1.74. The minimum absolute atomic E-state index is 0.453.